The molecule has 0 unspecified atom stereocenters. The molecule has 0 heterocycles. The van der Waals surface area contributed by atoms with E-state index in [-0.39, 0.29) is 5.75 Å². The fourth-order valence-electron chi connectivity index (χ4n) is 0.587. The monoisotopic (exact) mass is 204 g/mol. The number of carbonyl (C=O) groups excluding carboxylic acids is 1. The Morgan fingerprint density at radius 1 is 1.15 bits per heavy atom. The Kier molecular flexibility index (Phi) is 6.01. The molecule has 1 rings (SSSR count). The van der Waals surface area contributed by atoms with Crippen LogP contribution in [0.1, 0.15) is 10.4 Å². The summed E-state index contributed by atoms with van der Waals surface area (Å²) >= 11 is 0. The number of hydrogen-bond acceptors (Lipinski definition) is 5. The molecule has 0 aliphatic carbocycles. The maximum atomic E-state index is 10.1. The molecular weight excluding hydrogens is 195 g/mol. The van der Waals surface area contributed by atoms with Crippen molar-refractivity contribution in [1.82, 2.24) is 0 Å². The van der Waals surface area contributed by atoms with Crippen LogP contribution in [0, 0.1) is 0 Å². The number of phenols is 1. The molecule has 1 aromatic carbocycles. The summed E-state index contributed by atoms with van der Waals surface area (Å²) in [6.07, 6.45) is 0.620. The first-order chi connectivity index (χ1) is 6.07. The molecule has 4 N–H and O–H groups in total. The van der Waals surface area contributed by atoms with Crippen molar-refractivity contribution in [1.29, 1.82) is 0 Å². The molecule has 0 amide bonds. The van der Waals surface area contributed by atoms with Crippen LogP contribution in [0.3, 0.4) is 0 Å². The lowest BCUT2D eigenvalue weighted by Crippen LogP contribution is -1.77. The smallest absolute Gasteiger partial charge is 0.324 e. The highest BCUT2D eigenvalue weighted by Gasteiger charge is 1.93. The van der Waals surface area contributed by atoms with Gasteiger partial charge in [-0.05, 0) is 12.1 Å². The highest BCUT2D eigenvalue weighted by molar-refractivity contribution is 7.38. The van der Waals surface area contributed by atoms with Crippen molar-refractivity contribution in [3.8, 4) is 5.75 Å². The molecule has 1 aromatic rings. The van der Waals surface area contributed by atoms with Crippen LogP contribution in [0.4, 0.5) is 0 Å². The van der Waals surface area contributed by atoms with Crippen molar-refractivity contribution in [3.63, 3.8) is 0 Å². The summed E-state index contributed by atoms with van der Waals surface area (Å²) < 4.78 is 0. The Balaban J connectivity index is 0.000000310. The molecule has 0 bridgehead atoms. The maximum absolute atomic E-state index is 10.1. The second kappa shape index (κ2) is 6.51. The number of para-hydroxylation sites is 1. The van der Waals surface area contributed by atoms with Gasteiger partial charge in [0.15, 0.2) is 6.29 Å². The van der Waals surface area contributed by atoms with Gasteiger partial charge in [-0.15, -0.1) is 0 Å². The normalized spacial score (nSPS) is 8.92. The molecule has 0 saturated heterocycles. The first kappa shape index (κ1) is 12.0. The van der Waals surface area contributed by atoms with E-state index < -0.39 is 8.60 Å². The molecule has 0 aromatic heterocycles. The fourth-order valence-corrected chi connectivity index (χ4v) is 0.587. The molecule has 0 saturated carbocycles. The van der Waals surface area contributed by atoms with Crippen molar-refractivity contribution in [2.45, 2.75) is 0 Å². The van der Waals surface area contributed by atoms with Crippen LogP contribution in [-0.4, -0.2) is 26.1 Å². The zero-order chi connectivity index (χ0) is 10.3. The summed E-state index contributed by atoms with van der Waals surface area (Å²) in [4.78, 5) is 31.8. The lowest BCUT2D eigenvalue weighted by molar-refractivity contribution is 0.112. The van der Waals surface area contributed by atoms with Gasteiger partial charge < -0.3 is 19.8 Å². The number of aromatic hydroxyl groups is 1. The summed E-state index contributed by atoms with van der Waals surface area (Å²) in [7, 11) is -2.62. The van der Waals surface area contributed by atoms with Gasteiger partial charge in [0, 0.05) is 0 Å². The minimum absolute atomic E-state index is 0.0347. The van der Waals surface area contributed by atoms with Gasteiger partial charge in [-0.25, -0.2) is 0 Å². The molecule has 0 aliphatic rings. The lowest BCUT2D eigenvalue weighted by Gasteiger charge is -1.91. The van der Waals surface area contributed by atoms with E-state index in [0.29, 0.717) is 11.8 Å². The Bertz CT molecular complexity index is 260. The molecule has 0 aliphatic heterocycles. The Morgan fingerprint density at radius 2 is 1.62 bits per heavy atom. The van der Waals surface area contributed by atoms with Gasteiger partial charge in [-0.3, -0.25) is 4.79 Å². The van der Waals surface area contributed by atoms with E-state index in [9.17, 15) is 4.79 Å². The van der Waals surface area contributed by atoms with Gasteiger partial charge in [-0.1, -0.05) is 12.1 Å². The summed E-state index contributed by atoms with van der Waals surface area (Å²) in [5, 5.41) is 8.88. The van der Waals surface area contributed by atoms with E-state index in [1.165, 1.54) is 6.07 Å². The Labute approximate surface area is 75.9 Å². The van der Waals surface area contributed by atoms with Gasteiger partial charge in [-0.2, -0.15) is 0 Å². The van der Waals surface area contributed by atoms with E-state index in [1.807, 2.05) is 0 Å². The standard InChI is InChI=1S/C7H6O2.H3O3P/c8-5-6-3-1-2-4-7(6)9;1-4(2)3/h1-5,9H;1-3H. The quantitative estimate of drug-likeness (QED) is 0.392. The summed E-state index contributed by atoms with van der Waals surface area (Å²) in [6.45, 7) is 0. The number of carbonyl (C=O) groups is 1. The second-order valence-electron chi connectivity index (χ2n) is 1.94. The van der Waals surface area contributed by atoms with Gasteiger partial charge in [0.25, 0.3) is 0 Å². The predicted molar refractivity (Wildman–Crippen MR) is 47.1 cm³/mol. The number of hydrogen-bond donors (Lipinski definition) is 4. The average Bonchev–Trinajstić information content (AvgIpc) is 2.04. The van der Waals surface area contributed by atoms with Crippen LogP contribution in [0.15, 0.2) is 24.3 Å². The number of aldehydes is 1. The molecule has 0 radical (unpaired) electrons. The number of rotatable bonds is 1. The first-order valence-electron chi connectivity index (χ1n) is 3.18. The van der Waals surface area contributed by atoms with E-state index in [0.717, 1.165) is 0 Å². The van der Waals surface area contributed by atoms with Crippen LogP contribution in [0.2, 0.25) is 0 Å². The van der Waals surface area contributed by atoms with Crippen molar-refractivity contribution in [2.75, 3.05) is 0 Å². The maximum Gasteiger partial charge on any atom is 0.324 e. The zero-order valence-electron chi connectivity index (χ0n) is 6.53. The van der Waals surface area contributed by atoms with Crippen molar-refractivity contribution in [3.05, 3.63) is 29.8 Å². The van der Waals surface area contributed by atoms with Gasteiger partial charge in [0.2, 0.25) is 0 Å². The minimum Gasteiger partial charge on any atom is -0.507 e. The van der Waals surface area contributed by atoms with Gasteiger partial charge >= 0.3 is 8.60 Å². The Hall–Kier alpha value is -1.00. The SMILES string of the molecule is O=Cc1ccccc1O.OP(O)O. The first-order valence-corrected chi connectivity index (χ1v) is 4.38. The number of phenolic OH excluding ortho intramolecular Hbond substituents is 1. The fraction of sp³-hybridized carbons (Fsp3) is 0. The van der Waals surface area contributed by atoms with Gasteiger partial charge in [0.1, 0.15) is 5.75 Å². The predicted octanol–water partition coefficient (Wildman–Crippen LogP) is 0.395. The van der Waals surface area contributed by atoms with Crippen molar-refractivity contribution >= 4 is 14.9 Å². The topological polar surface area (TPSA) is 98.0 Å². The third kappa shape index (κ3) is 6.19. The van der Waals surface area contributed by atoms with Crippen molar-refractivity contribution in [2.24, 2.45) is 0 Å². The molecule has 0 fully saturated rings. The third-order valence-corrected chi connectivity index (χ3v) is 1.06. The Morgan fingerprint density at radius 3 is 1.92 bits per heavy atom. The molecule has 0 spiro atoms. The van der Waals surface area contributed by atoms with Crippen LogP contribution in [-0.2, 0) is 0 Å². The van der Waals surface area contributed by atoms with Gasteiger partial charge in [0.05, 0.1) is 5.56 Å². The molecule has 13 heavy (non-hydrogen) atoms. The summed E-state index contributed by atoms with van der Waals surface area (Å²) in [5.41, 5.74) is 0.331. The van der Waals surface area contributed by atoms with Crippen LogP contribution >= 0.6 is 8.60 Å². The van der Waals surface area contributed by atoms with Crippen molar-refractivity contribution < 1.29 is 24.6 Å². The third-order valence-electron chi connectivity index (χ3n) is 1.06. The molecule has 6 heteroatoms. The van der Waals surface area contributed by atoms with Crippen LogP contribution in [0.5, 0.6) is 5.75 Å². The largest absolute Gasteiger partial charge is 0.507 e. The lowest BCUT2D eigenvalue weighted by atomic mass is 10.2. The van der Waals surface area contributed by atoms with Crippen LogP contribution in [0.25, 0.3) is 0 Å². The second-order valence-corrected chi connectivity index (χ2v) is 2.48. The summed E-state index contributed by atoms with van der Waals surface area (Å²) in [6, 6.07) is 6.40. The number of benzene rings is 1. The highest BCUT2D eigenvalue weighted by Crippen LogP contribution is 2.12. The van der Waals surface area contributed by atoms with E-state index in [4.69, 9.17) is 19.8 Å². The highest BCUT2D eigenvalue weighted by atomic mass is 31.2. The average molecular weight is 204 g/mol. The van der Waals surface area contributed by atoms with Crippen LogP contribution < -0.4 is 0 Å². The van der Waals surface area contributed by atoms with E-state index >= 15 is 0 Å². The minimum atomic E-state index is -2.62. The molecule has 72 valence electrons. The van der Waals surface area contributed by atoms with E-state index in [2.05, 4.69) is 0 Å². The molecule has 5 nitrogen and oxygen atoms in total. The van der Waals surface area contributed by atoms with E-state index in [1.54, 1.807) is 18.2 Å². The summed E-state index contributed by atoms with van der Waals surface area (Å²) in [5.74, 6) is 0.0347. The molecule has 0 atom stereocenters. The molecular formula is C7H9O5P. The zero-order valence-corrected chi connectivity index (χ0v) is 7.43.